The second kappa shape index (κ2) is 4.75. The van der Waals surface area contributed by atoms with Crippen molar-refractivity contribution in [3.05, 3.63) is 29.3 Å². The van der Waals surface area contributed by atoms with Crippen LogP contribution < -0.4 is 5.32 Å². The number of aryl methyl sites for hydroxylation is 1. The van der Waals surface area contributed by atoms with Gasteiger partial charge in [0.25, 0.3) is 5.91 Å². The predicted octanol–water partition coefficient (Wildman–Crippen LogP) is 1.13. The molecule has 1 aromatic carbocycles. The van der Waals surface area contributed by atoms with E-state index in [1.54, 1.807) is 23.1 Å². The molecule has 0 aromatic heterocycles. The highest BCUT2D eigenvalue weighted by Crippen LogP contribution is 2.20. The van der Waals surface area contributed by atoms with Crippen molar-refractivity contribution in [1.82, 2.24) is 10.2 Å². The molecule has 0 saturated carbocycles. The molecule has 2 rings (SSSR count). The number of benzene rings is 1. The Morgan fingerprint density at radius 2 is 2.29 bits per heavy atom. The first kappa shape index (κ1) is 11.9. The van der Waals surface area contributed by atoms with Crippen LogP contribution in [0.4, 0.5) is 0 Å². The van der Waals surface area contributed by atoms with Gasteiger partial charge in [0.05, 0.1) is 5.56 Å². The lowest BCUT2D eigenvalue weighted by atomic mass is 10.1. The van der Waals surface area contributed by atoms with Crippen molar-refractivity contribution in [2.24, 2.45) is 0 Å². The third-order valence-corrected chi connectivity index (χ3v) is 3.04. The molecular formula is C13H18N2O2. The van der Waals surface area contributed by atoms with Crippen LogP contribution in [0.5, 0.6) is 5.75 Å². The molecule has 1 aromatic rings. The van der Waals surface area contributed by atoms with Crippen LogP contribution in [0, 0.1) is 6.92 Å². The first-order valence-electron chi connectivity index (χ1n) is 5.90. The van der Waals surface area contributed by atoms with Crippen LogP contribution >= 0.6 is 0 Å². The third-order valence-electron chi connectivity index (χ3n) is 3.04. The molecule has 0 unspecified atom stereocenters. The second-order valence-electron chi connectivity index (χ2n) is 4.63. The Labute approximate surface area is 101 Å². The number of piperazine rings is 1. The van der Waals surface area contributed by atoms with Crippen LogP contribution in [0.25, 0.3) is 0 Å². The number of rotatable bonds is 1. The lowest BCUT2D eigenvalue weighted by Crippen LogP contribution is -2.51. The molecule has 4 nitrogen and oxygen atoms in total. The van der Waals surface area contributed by atoms with Gasteiger partial charge in [-0.3, -0.25) is 4.79 Å². The number of phenolic OH excluding ortho intramolecular Hbond substituents is 1. The largest absolute Gasteiger partial charge is 0.507 e. The molecule has 4 heteroatoms. The molecule has 1 amide bonds. The number of nitrogens with one attached hydrogen (secondary N) is 1. The smallest absolute Gasteiger partial charge is 0.257 e. The van der Waals surface area contributed by atoms with E-state index in [2.05, 4.69) is 12.2 Å². The van der Waals surface area contributed by atoms with E-state index in [9.17, 15) is 9.90 Å². The summed E-state index contributed by atoms with van der Waals surface area (Å²) in [6, 6.07) is 5.42. The number of hydrogen-bond donors (Lipinski definition) is 2. The van der Waals surface area contributed by atoms with E-state index in [1.807, 2.05) is 6.92 Å². The Morgan fingerprint density at radius 1 is 1.53 bits per heavy atom. The van der Waals surface area contributed by atoms with Crippen molar-refractivity contribution in [3.8, 4) is 5.75 Å². The maximum atomic E-state index is 12.3. The van der Waals surface area contributed by atoms with Gasteiger partial charge in [-0.2, -0.15) is 0 Å². The number of hydrogen-bond acceptors (Lipinski definition) is 3. The summed E-state index contributed by atoms with van der Waals surface area (Å²) in [5, 5.41) is 13.0. The van der Waals surface area contributed by atoms with Crippen molar-refractivity contribution in [1.29, 1.82) is 0 Å². The van der Waals surface area contributed by atoms with Gasteiger partial charge >= 0.3 is 0 Å². The van der Waals surface area contributed by atoms with E-state index in [0.717, 1.165) is 12.1 Å². The minimum atomic E-state index is -0.0837. The Bertz CT molecular complexity index is 431. The van der Waals surface area contributed by atoms with Crippen molar-refractivity contribution in [3.63, 3.8) is 0 Å². The molecule has 0 spiro atoms. The zero-order valence-electron chi connectivity index (χ0n) is 10.2. The molecule has 0 aliphatic carbocycles. The number of carbonyl (C=O) groups excluding carboxylic acids is 1. The van der Waals surface area contributed by atoms with E-state index in [4.69, 9.17) is 0 Å². The first-order chi connectivity index (χ1) is 8.08. The van der Waals surface area contributed by atoms with Crippen molar-refractivity contribution in [2.75, 3.05) is 19.6 Å². The summed E-state index contributed by atoms with van der Waals surface area (Å²) in [6.45, 7) is 6.15. The van der Waals surface area contributed by atoms with Crippen LogP contribution in [0.3, 0.4) is 0 Å². The fraction of sp³-hybridized carbons (Fsp3) is 0.462. The quantitative estimate of drug-likeness (QED) is 0.766. The van der Waals surface area contributed by atoms with Gasteiger partial charge in [0.15, 0.2) is 0 Å². The fourth-order valence-electron chi connectivity index (χ4n) is 2.11. The van der Waals surface area contributed by atoms with Gasteiger partial charge in [-0.1, -0.05) is 11.6 Å². The van der Waals surface area contributed by atoms with Gasteiger partial charge in [-0.25, -0.2) is 0 Å². The first-order valence-corrected chi connectivity index (χ1v) is 5.90. The molecule has 92 valence electrons. The number of carbonyl (C=O) groups is 1. The minimum absolute atomic E-state index is 0.0618. The zero-order chi connectivity index (χ0) is 12.4. The standard InChI is InChI=1S/C13H18N2O2/c1-9-3-4-12(16)11(7-9)13(17)15-6-5-14-10(2)8-15/h3-4,7,10,14,16H,5-6,8H2,1-2H3/t10-/m1/s1. The van der Waals surface area contributed by atoms with Crippen molar-refractivity contribution in [2.45, 2.75) is 19.9 Å². The molecular weight excluding hydrogens is 216 g/mol. The highest BCUT2D eigenvalue weighted by atomic mass is 16.3. The molecule has 1 heterocycles. The maximum absolute atomic E-state index is 12.3. The summed E-state index contributed by atoms with van der Waals surface area (Å²) in [7, 11) is 0. The normalized spacial score (nSPS) is 20.4. The molecule has 0 bridgehead atoms. The van der Waals surface area contributed by atoms with Crippen LogP contribution in [0.2, 0.25) is 0 Å². The fourth-order valence-corrected chi connectivity index (χ4v) is 2.11. The van der Waals surface area contributed by atoms with E-state index in [0.29, 0.717) is 24.7 Å². The van der Waals surface area contributed by atoms with E-state index in [-0.39, 0.29) is 11.7 Å². The van der Waals surface area contributed by atoms with Gasteiger partial charge in [0.1, 0.15) is 5.75 Å². The van der Waals surface area contributed by atoms with Crippen LogP contribution in [-0.4, -0.2) is 41.6 Å². The Hall–Kier alpha value is -1.55. The Morgan fingerprint density at radius 3 is 3.00 bits per heavy atom. The van der Waals surface area contributed by atoms with E-state index < -0.39 is 0 Å². The molecule has 1 saturated heterocycles. The highest BCUT2D eigenvalue weighted by molar-refractivity contribution is 5.97. The molecule has 17 heavy (non-hydrogen) atoms. The van der Waals surface area contributed by atoms with E-state index in [1.165, 1.54) is 0 Å². The third kappa shape index (κ3) is 2.58. The van der Waals surface area contributed by atoms with Crippen molar-refractivity contribution < 1.29 is 9.90 Å². The summed E-state index contributed by atoms with van der Waals surface area (Å²) < 4.78 is 0. The van der Waals surface area contributed by atoms with Crippen molar-refractivity contribution >= 4 is 5.91 Å². The van der Waals surface area contributed by atoms with Gasteiger partial charge in [0.2, 0.25) is 0 Å². The maximum Gasteiger partial charge on any atom is 0.257 e. The van der Waals surface area contributed by atoms with Crippen LogP contribution in [0.15, 0.2) is 18.2 Å². The summed E-state index contributed by atoms with van der Waals surface area (Å²) in [6.07, 6.45) is 0. The summed E-state index contributed by atoms with van der Waals surface area (Å²) in [5.74, 6) is -0.0219. The summed E-state index contributed by atoms with van der Waals surface area (Å²) >= 11 is 0. The lowest BCUT2D eigenvalue weighted by molar-refractivity contribution is 0.0706. The highest BCUT2D eigenvalue weighted by Gasteiger charge is 2.23. The average molecular weight is 234 g/mol. The van der Waals surface area contributed by atoms with Crippen LogP contribution in [0.1, 0.15) is 22.8 Å². The van der Waals surface area contributed by atoms with Crippen LogP contribution in [-0.2, 0) is 0 Å². The summed E-state index contributed by atoms with van der Waals surface area (Å²) in [5.41, 5.74) is 1.38. The number of phenols is 1. The van der Waals surface area contributed by atoms with Gasteiger partial charge in [-0.05, 0) is 26.0 Å². The Balaban J connectivity index is 2.21. The van der Waals surface area contributed by atoms with Gasteiger partial charge in [0, 0.05) is 25.7 Å². The predicted molar refractivity (Wildman–Crippen MR) is 66.2 cm³/mol. The summed E-state index contributed by atoms with van der Waals surface area (Å²) in [4.78, 5) is 14.0. The average Bonchev–Trinajstić information content (AvgIpc) is 2.31. The second-order valence-corrected chi connectivity index (χ2v) is 4.63. The zero-order valence-corrected chi connectivity index (χ0v) is 10.2. The number of aromatic hydroxyl groups is 1. The van der Waals surface area contributed by atoms with Gasteiger partial charge < -0.3 is 15.3 Å². The Kier molecular flexibility index (Phi) is 3.33. The minimum Gasteiger partial charge on any atom is -0.507 e. The monoisotopic (exact) mass is 234 g/mol. The topological polar surface area (TPSA) is 52.6 Å². The molecule has 2 N–H and O–H groups in total. The SMILES string of the molecule is Cc1ccc(O)c(C(=O)N2CCN[C@H](C)C2)c1. The lowest BCUT2D eigenvalue weighted by Gasteiger charge is -2.32. The molecule has 1 fully saturated rings. The molecule has 1 atom stereocenters. The number of nitrogens with zero attached hydrogens (tertiary/aromatic N) is 1. The molecule has 1 aliphatic heterocycles. The molecule has 0 radical (unpaired) electrons. The number of amides is 1. The molecule has 1 aliphatic rings. The van der Waals surface area contributed by atoms with Gasteiger partial charge in [-0.15, -0.1) is 0 Å². The van der Waals surface area contributed by atoms with E-state index >= 15 is 0 Å².